The molecule has 74 valence electrons. The van der Waals surface area contributed by atoms with E-state index >= 15 is 0 Å². The Labute approximate surface area is 76.2 Å². The third kappa shape index (κ3) is 2.81. The number of piperidine rings is 1. The highest BCUT2D eigenvalue weighted by molar-refractivity contribution is 5.76. The highest BCUT2D eigenvalue weighted by Gasteiger charge is 2.22. The Bertz CT molecular complexity index is 225. The summed E-state index contributed by atoms with van der Waals surface area (Å²) < 4.78 is 0. The van der Waals surface area contributed by atoms with E-state index in [2.05, 4.69) is 4.99 Å². The van der Waals surface area contributed by atoms with Gasteiger partial charge in [0.1, 0.15) is 0 Å². The van der Waals surface area contributed by atoms with Crippen LogP contribution < -0.4 is 11.5 Å². The Hall–Kier alpha value is -1.46. The molecule has 13 heavy (non-hydrogen) atoms. The minimum absolute atomic E-state index is 0.0252. The van der Waals surface area contributed by atoms with Crippen LogP contribution in [0.5, 0.6) is 0 Å². The third-order valence-electron chi connectivity index (χ3n) is 2.00. The highest BCUT2D eigenvalue weighted by Crippen LogP contribution is 2.12. The fraction of sp³-hybridized carbons (Fsp3) is 0.714. The number of carboxylic acid groups (broad SMARTS) is 1. The van der Waals surface area contributed by atoms with Gasteiger partial charge in [0.05, 0.1) is 6.04 Å². The summed E-state index contributed by atoms with van der Waals surface area (Å²) >= 11 is 0. The molecule has 1 aliphatic heterocycles. The van der Waals surface area contributed by atoms with E-state index in [4.69, 9.17) is 16.6 Å². The second-order valence-corrected chi connectivity index (χ2v) is 3.08. The first-order valence-electron chi connectivity index (χ1n) is 4.16. The molecular weight excluding hydrogens is 172 g/mol. The molecule has 0 aromatic carbocycles. The summed E-state index contributed by atoms with van der Waals surface area (Å²) in [5.74, 6) is 0.0252. The van der Waals surface area contributed by atoms with Crippen LogP contribution in [0.15, 0.2) is 4.99 Å². The Morgan fingerprint density at radius 3 is 2.77 bits per heavy atom. The Morgan fingerprint density at radius 1 is 1.54 bits per heavy atom. The van der Waals surface area contributed by atoms with E-state index < -0.39 is 6.09 Å². The topological polar surface area (TPSA) is 105 Å². The van der Waals surface area contributed by atoms with E-state index in [1.807, 2.05) is 0 Å². The van der Waals surface area contributed by atoms with Crippen molar-refractivity contribution in [2.45, 2.75) is 18.9 Å². The maximum atomic E-state index is 10.6. The lowest BCUT2D eigenvalue weighted by molar-refractivity contribution is 0.131. The standard InChI is InChI=1S/C7H14N4O2/c8-6(9)10-5-2-1-3-11(4-5)7(12)13/h5H,1-4H2,(H,12,13)(H4,8,9,10)/t5-/m1/s1. The average molecular weight is 186 g/mol. The minimum atomic E-state index is -0.907. The molecule has 0 bridgehead atoms. The monoisotopic (exact) mass is 186 g/mol. The van der Waals surface area contributed by atoms with Gasteiger partial charge in [0, 0.05) is 13.1 Å². The summed E-state index contributed by atoms with van der Waals surface area (Å²) in [4.78, 5) is 15.9. The number of nitrogens with zero attached hydrogens (tertiary/aromatic N) is 2. The fourth-order valence-corrected chi connectivity index (χ4v) is 1.44. The first kappa shape index (κ1) is 9.63. The number of likely N-dealkylation sites (tertiary alicyclic amines) is 1. The number of guanidine groups is 1. The summed E-state index contributed by atoms with van der Waals surface area (Å²) in [6.07, 6.45) is 0.755. The van der Waals surface area contributed by atoms with Crippen LogP contribution in [0.2, 0.25) is 0 Å². The van der Waals surface area contributed by atoms with Gasteiger partial charge in [0.15, 0.2) is 5.96 Å². The lowest BCUT2D eigenvalue weighted by atomic mass is 10.1. The molecule has 0 radical (unpaired) electrons. The number of rotatable bonds is 1. The van der Waals surface area contributed by atoms with E-state index in [1.165, 1.54) is 4.90 Å². The molecule has 1 amide bonds. The summed E-state index contributed by atoms with van der Waals surface area (Å²) in [5, 5.41) is 8.71. The van der Waals surface area contributed by atoms with Crippen molar-refractivity contribution in [1.82, 2.24) is 4.90 Å². The zero-order valence-electron chi connectivity index (χ0n) is 7.31. The number of aliphatic imine (C=N–C) groups is 1. The van der Waals surface area contributed by atoms with Crippen LogP contribution in [-0.4, -0.2) is 41.2 Å². The molecule has 0 aromatic rings. The number of amides is 1. The van der Waals surface area contributed by atoms with Gasteiger partial charge in [0.2, 0.25) is 0 Å². The molecule has 0 aliphatic carbocycles. The minimum Gasteiger partial charge on any atom is -0.465 e. The largest absolute Gasteiger partial charge is 0.465 e. The van der Waals surface area contributed by atoms with Crippen molar-refractivity contribution in [2.24, 2.45) is 16.5 Å². The highest BCUT2D eigenvalue weighted by atomic mass is 16.4. The average Bonchev–Trinajstić information content (AvgIpc) is 2.03. The van der Waals surface area contributed by atoms with Crippen molar-refractivity contribution in [2.75, 3.05) is 13.1 Å². The SMILES string of the molecule is NC(N)=N[C@@H]1CCCN(C(=O)O)C1. The van der Waals surface area contributed by atoms with Gasteiger partial charge < -0.3 is 21.5 Å². The maximum Gasteiger partial charge on any atom is 0.407 e. The predicted octanol–water partition coefficient (Wildman–Crippen LogP) is -0.598. The molecule has 0 saturated carbocycles. The molecule has 1 aliphatic rings. The molecule has 6 heteroatoms. The first-order valence-corrected chi connectivity index (χ1v) is 4.16. The smallest absolute Gasteiger partial charge is 0.407 e. The van der Waals surface area contributed by atoms with E-state index in [1.54, 1.807) is 0 Å². The number of hydrogen-bond donors (Lipinski definition) is 3. The molecule has 1 heterocycles. The molecule has 1 saturated heterocycles. The molecule has 1 rings (SSSR count). The van der Waals surface area contributed by atoms with Crippen molar-refractivity contribution >= 4 is 12.1 Å². The van der Waals surface area contributed by atoms with Crippen LogP contribution in [-0.2, 0) is 0 Å². The molecule has 6 nitrogen and oxygen atoms in total. The van der Waals surface area contributed by atoms with Crippen LogP contribution in [0.3, 0.4) is 0 Å². The van der Waals surface area contributed by atoms with Crippen LogP contribution in [0.1, 0.15) is 12.8 Å². The van der Waals surface area contributed by atoms with E-state index in [0.29, 0.717) is 13.1 Å². The zero-order valence-corrected chi connectivity index (χ0v) is 7.31. The van der Waals surface area contributed by atoms with E-state index in [-0.39, 0.29) is 12.0 Å². The number of hydrogen-bond acceptors (Lipinski definition) is 2. The van der Waals surface area contributed by atoms with E-state index in [9.17, 15) is 4.79 Å². The lowest BCUT2D eigenvalue weighted by Crippen LogP contribution is -2.42. The van der Waals surface area contributed by atoms with Crippen LogP contribution in [0, 0.1) is 0 Å². The third-order valence-corrected chi connectivity index (χ3v) is 2.00. The fourth-order valence-electron chi connectivity index (χ4n) is 1.44. The number of carbonyl (C=O) groups is 1. The zero-order chi connectivity index (χ0) is 9.84. The van der Waals surface area contributed by atoms with E-state index in [0.717, 1.165) is 12.8 Å². The predicted molar refractivity (Wildman–Crippen MR) is 48.4 cm³/mol. The van der Waals surface area contributed by atoms with Gasteiger partial charge in [-0.2, -0.15) is 0 Å². The number of nitrogens with two attached hydrogens (primary N) is 2. The lowest BCUT2D eigenvalue weighted by Gasteiger charge is -2.28. The molecule has 1 atom stereocenters. The van der Waals surface area contributed by atoms with Crippen LogP contribution in [0.4, 0.5) is 4.79 Å². The molecule has 0 aromatic heterocycles. The molecule has 5 N–H and O–H groups in total. The van der Waals surface area contributed by atoms with Crippen molar-refractivity contribution < 1.29 is 9.90 Å². The molecule has 1 fully saturated rings. The van der Waals surface area contributed by atoms with Crippen LogP contribution >= 0.6 is 0 Å². The Morgan fingerprint density at radius 2 is 2.23 bits per heavy atom. The van der Waals surface area contributed by atoms with Crippen molar-refractivity contribution in [1.29, 1.82) is 0 Å². The molecule has 0 unspecified atom stereocenters. The van der Waals surface area contributed by atoms with Crippen LogP contribution in [0.25, 0.3) is 0 Å². The summed E-state index contributed by atoms with van der Waals surface area (Å²) in [6.45, 7) is 0.971. The summed E-state index contributed by atoms with van der Waals surface area (Å²) in [6, 6.07) is -0.0742. The van der Waals surface area contributed by atoms with Crippen molar-refractivity contribution in [3.05, 3.63) is 0 Å². The normalized spacial score (nSPS) is 22.5. The first-order chi connectivity index (χ1) is 6.09. The van der Waals surface area contributed by atoms with Gasteiger partial charge in [-0.3, -0.25) is 0 Å². The summed E-state index contributed by atoms with van der Waals surface area (Å²) in [7, 11) is 0. The Kier molecular flexibility index (Phi) is 2.94. The molecule has 0 spiro atoms. The van der Waals surface area contributed by atoms with Gasteiger partial charge >= 0.3 is 6.09 Å². The van der Waals surface area contributed by atoms with Gasteiger partial charge in [-0.25, -0.2) is 9.79 Å². The van der Waals surface area contributed by atoms with Crippen molar-refractivity contribution in [3.63, 3.8) is 0 Å². The van der Waals surface area contributed by atoms with Gasteiger partial charge in [-0.05, 0) is 12.8 Å². The second-order valence-electron chi connectivity index (χ2n) is 3.08. The summed E-state index contributed by atoms with van der Waals surface area (Å²) in [5.41, 5.74) is 10.4. The Balaban J connectivity index is 2.51. The van der Waals surface area contributed by atoms with Crippen molar-refractivity contribution in [3.8, 4) is 0 Å². The quantitative estimate of drug-likeness (QED) is 0.375. The van der Waals surface area contributed by atoms with Gasteiger partial charge in [-0.1, -0.05) is 0 Å². The molecular formula is C7H14N4O2. The second kappa shape index (κ2) is 3.97. The van der Waals surface area contributed by atoms with Gasteiger partial charge in [-0.15, -0.1) is 0 Å². The maximum absolute atomic E-state index is 10.6. The van der Waals surface area contributed by atoms with Gasteiger partial charge in [0.25, 0.3) is 0 Å².